The lowest BCUT2D eigenvalue weighted by molar-refractivity contribution is 0.934. The minimum absolute atomic E-state index is 1.24. The van der Waals surface area contributed by atoms with E-state index in [4.69, 9.17) is 0 Å². The van der Waals surface area contributed by atoms with Gasteiger partial charge in [0.15, 0.2) is 0 Å². The quantitative estimate of drug-likeness (QED) is 0.660. The Morgan fingerprint density at radius 1 is 1.36 bits per heavy atom. The highest BCUT2D eigenvalue weighted by molar-refractivity contribution is 7.26. The van der Waals surface area contributed by atoms with Crippen molar-refractivity contribution in [2.24, 2.45) is 0 Å². The van der Waals surface area contributed by atoms with Crippen LogP contribution >= 0.6 is 22.7 Å². The molecule has 2 aromatic rings. The summed E-state index contributed by atoms with van der Waals surface area (Å²) in [5, 5.41) is 4.48. The lowest BCUT2D eigenvalue weighted by atomic mass is 10.2. The summed E-state index contributed by atoms with van der Waals surface area (Å²) >= 11 is 3.74. The predicted octanol–water partition coefficient (Wildman–Crippen LogP) is 3.92. The van der Waals surface area contributed by atoms with Crippen LogP contribution in [-0.2, 0) is 6.42 Å². The van der Waals surface area contributed by atoms with E-state index in [1.807, 2.05) is 22.7 Å². The summed E-state index contributed by atoms with van der Waals surface area (Å²) in [6, 6.07) is 2.21. The van der Waals surface area contributed by atoms with Crippen molar-refractivity contribution in [2.45, 2.75) is 19.8 Å². The van der Waals surface area contributed by atoms with Gasteiger partial charge in [-0.05, 0) is 28.8 Å². The van der Waals surface area contributed by atoms with Gasteiger partial charge in [0.2, 0.25) is 0 Å². The molecule has 0 atom stereocenters. The van der Waals surface area contributed by atoms with Gasteiger partial charge in [-0.1, -0.05) is 13.3 Å². The van der Waals surface area contributed by atoms with Gasteiger partial charge in [-0.25, -0.2) is 0 Å². The van der Waals surface area contributed by atoms with E-state index < -0.39 is 0 Å². The van der Waals surface area contributed by atoms with E-state index in [1.165, 1.54) is 22.2 Å². The molecule has 0 saturated heterocycles. The molecule has 0 nitrogen and oxygen atoms in total. The fourth-order valence-corrected chi connectivity index (χ4v) is 3.43. The molecule has 0 aliphatic carbocycles. The van der Waals surface area contributed by atoms with E-state index in [2.05, 4.69) is 23.8 Å². The van der Waals surface area contributed by atoms with Gasteiger partial charge >= 0.3 is 0 Å². The number of thiophene rings is 2. The monoisotopic (exact) mass is 182 g/mol. The van der Waals surface area contributed by atoms with E-state index in [0.717, 1.165) is 0 Å². The van der Waals surface area contributed by atoms with Crippen molar-refractivity contribution in [1.82, 2.24) is 0 Å². The molecule has 2 heteroatoms. The maximum absolute atomic E-state index is 2.30. The summed E-state index contributed by atoms with van der Waals surface area (Å²) in [6.07, 6.45) is 2.49. The van der Waals surface area contributed by atoms with Crippen molar-refractivity contribution in [2.75, 3.05) is 0 Å². The van der Waals surface area contributed by atoms with Crippen LogP contribution in [0, 0.1) is 0 Å². The highest BCUT2D eigenvalue weighted by Crippen LogP contribution is 2.31. The third-order valence-electron chi connectivity index (χ3n) is 1.77. The Bertz CT molecular complexity index is 343. The Balaban J connectivity index is 2.51. The second-order valence-electron chi connectivity index (χ2n) is 2.62. The van der Waals surface area contributed by atoms with Gasteiger partial charge in [0.25, 0.3) is 0 Å². The van der Waals surface area contributed by atoms with Crippen molar-refractivity contribution < 1.29 is 0 Å². The molecular weight excluding hydrogens is 172 g/mol. The van der Waals surface area contributed by atoms with Crippen molar-refractivity contribution >= 4 is 32.1 Å². The Morgan fingerprint density at radius 3 is 3.09 bits per heavy atom. The molecule has 0 aromatic carbocycles. The van der Waals surface area contributed by atoms with Gasteiger partial charge in [0.1, 0.15) is 0 Å². The molecule has 2 rings (SSSR count). The van der Waals surface area contributed by atoms with E-state index in [0.29, 0.717) is 0 Å². The molecule has 11 heavy (non-hydrogen) atoms. The van der Waals surface area contributed by atoms with Crippen LogP contribution in [0.25, 0.3) is 9.40 Å². The number of aryl methyl sites for hydroxylation is 1. The highest BCUT2D eigenvalue weighted by Gasteiger charge is 2.02. The average molecular weight is 182 g/mol. The molecule has 0 saturated carbocycles. The average Bonchev–Trinajstić information content (AvgIpc) is 2.53. The Hall–Kier alpha value is -0.340. The second kappa shape index (κ2) is 2.95. The van der Waals surface area contributed by atoms with Gasteiger partial charge in [-0.15, -0.1) is 22.7 Å². The molecule has 0 spiro atoms. The standard InChI is InChI=1S/C9H10S2/c1-2-3-7-6-11-8-4-5-10-9(7)8/h4-6H,2-3H2,1H3. The molecule has 58 valence electrons. The van der Waals surface area contributed by atoms with Crippen LogP contribution in [-0.4, -0.2) is 0 Å². The molecule has 0 bridgehead atoms. The summed E-state index contributed by atoms with van der Waals surface area (Å²) in [6.45, 7) is 2.23. The van der Waals surface area contributed by atoms with Crippen LogP contribution in [0.5, 0.6) is 0 Å². The first-order valence-electron chi connectivity index (χ1n) is 3.85. The van der Waals surface area contributed by atoms with Gasteiger partial charge in [-0.3, -0.25) is 0 Å². The minimum atomic E-state index is 1.24. The minimum Gasteiger partial charge on any atom is -0.143 e. The normalized spacial score (nSPS) is 11.0. The first-order valence-corrected chi connectivity index (χ1v) is 5.61. The van der Waals surface area contributed by atoms with Crippen LogP contribution in [0.4, 0.5) is 0 Å². The zero-order chi connectivity index (χ0) is 7.68. The molecule has 0 unspecified atom stereocenters. The van der Waals surface area contributed by atoms with Crippen molar-refractivity contribution in [3.8, 4) is 0 Å². The van der Waals surface area contributed by atoms with Gasteiger partial charge in [0, 0.05) is 9.40 Å². The molecule has 0 aliphatic heterocycles. The van der Waals surface area contributed by atoms with Crippen molar-refractivity contribution in [1.29, 1.82) is 0 Å². The van der Waals surface area contributed by atoms with E-state index >= 15 is 0 Å². The maximum atomic E-state index is 2.30. The van der Waals surface area contributed by atoms with Crippen LogP contribution in [0.2, 0.25) is 0 Å². The molecular formula is C9H10S2. The molecule has 0 fully saturated rings. The number of hydrogen-bond acceptors (Lipinski definition) is 2. The third-order valence-corrected chi connectivity index (χ3v) is 3.88. The molecule has 2 heterocycles. The van der Waals surface area contributed by atoms with Crippen LogP contribution in [0.15, 0.2) is 16.8 Å². The molecule has 0 N–H and O–H groups in total. The van der Waals surface area contributed by atoms with Crippen LogP contribution in [0.3, 0.4) is 0 Å². The molecule has 2 aromatic heterocycles. The van der Waals surface area contributed by atoms with Gasteiger partial charge < -0.3 is 0 Å². The summed E-state index contributed by atoms with van der Waals surface area (Å²) < 4.78 is 2.97. The first kappa shape index (κ1) is 7.32. The second-order valence-corrected chi connectivity index (χ2v) is 4.45. The maximum Gasteiger partial charge on any atom is 0.0482 e. The fourth-order valence-electron chi connectivity index (χ4n) is 1.25. The van der Waals surface area contributed by atoms with Crippen molar-refractivity contribution in [3.63, 3.8) is 0 Å². The lowest BCUT2D eigenvalue weighted by Crippen LogP contribution is -1.75. The highest BCUT2D eigenvalue weighted by atomic mass is 32.1. The Labute approximate surface area is 74.5 Å². The van der Waals surface area contributed by atoms with E-state index in [-0.39, 0.29) is 0 Å². The summed E-state index contributed by atoms with van der Waals surface area (Å²) in [4.78, 5) is 0. The lowest BCUT2D eigenvalue weighted by Gasteiger charge is -1.89. The SMILES string of the molecule is CCCc1csc2ccsc12. The number of fused-ring (bicyclic) bond motifs is 1. The zero-order valence-corrected chi connectivity index (χ0v) is 8.10. The first-order chi connectivity index (χ1) is 5.42. The smallest absolute Gasteiger partial charge is 0.0482 e. The van der Waals surface area contributed by atoms with Gasteiger partial charge in [0.05, 0.1) is 0 Å². The molecule has 0 aliphatic rings. The van der Waals surface area contributed by atoms with E-state index in [9.17, 15) is 0 Å². The van der Waals surface area contributed by atoms with Crippen molar-refractivity contribution in [3.05, 3.63) is 22.4 Å². The number of rotatable bonds is 2. The van der Waals surface area contributed by atoms with Gasteiger partial charge in [-0.2, -0.15) is 0 Å². The largest absolute Gasteiger partial charge is 0.143 e. The van der Waals surface area contributed by atoms with E-state index in [1.54, 1.807) is 5.56 Å². The zero-order valence-electron chi connectivity index (χ0n) is 6.46. The summed E-state index contributed by atoms with van der Waals surface area (Å²) in [5.74, 6) is 0. The van der Waals surface area contributed by atoms with Crippen LogP contribution in [0.1, 0.15) is 18.9 Å². The summed E-state index contributed by atoms with van der Waals surface area (Å²) in [5.41, 5.74) is 1.54. The number of hydrogen-bond donors (Lipinski definition) is 0. The Kier molecular flexibility index (Phi) is 1.96. The Morgan fingerprint density at radius 2 is 2.27 bits per heavy atom. The predicted molar refractivity (Wildman–Crippen MR) is 53.7 cm³/mol. The van der Waals surface area contributed by atoms with Crippen LogP contribution < -0.4 is 0 Å². The molecule has 0 radical (unpaired) electrons. The fraction of sp³-hybridized carbons (Fsp3) is 0.333. The topological polar surface area (TPSA) is 0 Å². The summed E-state index contributed by atoms with van der Waals surface area (Å²) in [7, 11) is 0. The third kappa shape index (κ3) is 1.21. The molecule has 0 amide bonds.